The maximum absolute atomic E-state index is 12.7. The van der Waals surface area contributed by atoms with Gasteiger partial charge in [0.1, 0.15) is 5.82 Å². The minimum Gasteiger partial charge on any atom is -0.338 e. The number of aromatic nitrogens is 2. The minimum atomic E-state index is -3.52. The van der Waals surface area contributed by atoms with Gasteiger partial charge >= 0.3 is 0 Å². The van der Waals surface area contributed by atoms with Crippen molar-refractivity contribution < 1.29 is 13.2 Å². The number of rotatable bonds is 5. The van der Waals surface area contributed by atoms with Gasteiger partial charge in [0, 0.05) is 29.9 Å². The largest absolute Gasteiger partial charge is 0.338 e. The molecule has 1 aromatic heterocycles. The van der Waals surface area contributed by atoms with E-state index < -0.39 is 15.9 Å². The van der Waals surface area contributed by atoms with E-state index in [-0.39, 0.29) is 10.0 Å². The lowest BCUT2D eigenvalue weighted by Crippen LogP contribution is -2.34. The molecule has 10 heteroatoms. The molecule has 0 radical (unpaired) electrons. The van der Waals surface area contributed by atoms with Crippen molar-refractivity contribution in [3.05, 3.63) is 78.4 Å². The zero-order valence-electron chi connectivity index (χ0n) is 18.7. The highest BCUT2D eigenvalue weighted by Gasteiger charge is 2.27. The number of imidazole rings is 1. The number of anilines is 1. The summed E-state index contributed by atoms with van der Waals surface area (Å²) in [7, 11) is -3.52. The maximum atomic E-state index is 12.7. The molecule has 1 saturated heterocycles. The van der Waals surface area contributed by atoms with E-state index in [1.54, 1.807) is 0 Å². The number of thiocarbonyl (C=S) groups is 1. The smallest absolute Gasteiger partial charge is 0.257 e. The van der Waals surface area contributed by atoms with Crippen LogP contribution in [0.25, 0.3) is 22.4 Å². The summed E-state index contributed by atoms with van der Waals surface area (Å²) in [6.07, 6.45) is 1.73. The van der Waals surface area contributed by atoms with E-state index in [1.165, 1.54) is 28.6 Å². The summed E-state index contributed by atoms with van der Waals surface area (Å²) in [6.45, 7) is 1.06. The highest BCUT2D eigenvalue weighted by Crippen LogP contribution is 2.23. The molecule has 0 spiro atoms. The van der Waals surface area contributed by atoms with E-state index in [0.717, 1.165) is 35.3 Å². The Morgan fingerprint density at radius 2 is 1.71 bits per heavy atom. The van der Waals surface area contributed by atoms with Gasteiger partial charge in [-0.2, -0.15) is 4.31 Å². The molecule has 5 rings (SSSR count). The van der Waals surface area contributed by atoms with Crippen LogP contribution < -0.4 is 10.6 Å². The second-order valence-electron chi connectivity index (χ2n) is 8.23. The third-order valence-corrected chi connectivity index (χ3v) is 7.95. The Kier molecular flexibility index (Phi) is 6.33. The van der Waals surface area contributed by atoms with Gasteiger partial charge in [0.05, 0.1) is 15.9 Å². The minimum absolute atomic E-state index is 0.130. The summed E-state index contributed by atoms with van der Waals surface area (Å²) in [5.41, 5.74) is 3.70. The van der Waals surface area contributed by atoms with E-state index >= 15 is 0 Å². The van der Waals surface area contributed by atoms with Crippen LogP contribution >= 0.6 is 12.2 Å². The quantitative estimate of drug-likeness (QED) is 0.352. The number of hydrogen-bond acceptors (Lipinski definition) is 5. The third-order valence-electron chi connectivity index (χ3n) is 5.83. The van der Waals surface area contributed by atoms with Gasteiger partial charge in [0.25, 0.3) is 5.91 Å². The number of hydrogen-bond donors (Lipinski definition) is 3. The Hall–Kier alpha value is -3.60. The molecule has 0 saturated carbocycles. The number of nitrogens with one attached hydrogen (secondary N) is 3. The number of fused-ring (bicyclic) bond motifs is 1. The third kappa shape index (κ3) is 4.95. The summed E-state index contributed by atoms with van der Waals surface area (Å²) < 4.78 is 26.8. The van der Waals surface area contributed by atoms with Gasteiger partial charge in [-0.15, -0.1) is 0 Å². The monoisotopic (exact) mass is 505 g/mol. The summed E-state index contributed by atoms with van der Waals surface area (Å²) in [4.78, 5) is 20.7. The lowest BCUT2D eigenvalue weighted by atomic mass is 10.2. The van der Waals surface area contributed by atoms with Gasteiger partial charge in [0.15, 0.2) is 5.11 Å². The molecule has 0 aliphatic carbocycles. The van der Waals surface area contributed by atoms with E-state index in [1.807, 2.05) is 48.5 Å². The van der Waals surface area contributed by atoms with Gasteiger partial charge < -0.3 is 10.3 Å². The average Bonchev–Trinajstić information content (AvgIpc) is 3.55. The number of amides is 1. The standard InChI is InChI=1S/C25H23N5O3S2/c31-24(17-10-12-20(13-11-17)35(32,33)30-14-3-4-15-30)29-25(34)26-19-7-5-6-18(16-19)23-27-21-8-1-2-9-22(21)28-23/h1-2,5-13,16H,3-4,14-15H2,(H,27,28)(H2,26,29,31,34). The summed E-state index contributed by atoms with van der Waals surface area (Å²) in [5.74, 6) is 0.301. The van der Waals surface area contributed by atoms with Crippen molar-refractivity contribution in [3.8, 4) is 11.4 Å². The van der Waals surface area contributed by atoms with Gasteiger partial charge in [-0.25, -0.2) is 13.4 Å². The van der Waals surface area contributed by atoms with Crippen LogP contribution in [0.2, 0.25) is 0 Å². The van der Waals surface area contributed by atoms with Crippen molar-refractivity contribution in [1.29, 1.82) is 0 Å². The van der Waals surface area contributed by atoms with Crippen LogP contribution in [-0.4, -0.2) is 46.8 Å². The normalized spacial score (nSPS) is 14.2. The number of H-pyrrole nitrogens is 1. The fraction of sp³-hybridized carbons (Fsp3) is 0.160. The number of nitrogens with zero attached hydrogens (tertiary/aromatic N) is 2. The molecule has 1 fully saturated rings. The van der Waals surface area contributed by atoms with Crippen LogP contribution in [0.4, 0.5) is 5.69 Å². The number of aromatic amines is 1. The molecule has 3 aromatic carbocycles. The predicted molar refractivity (Wildman–Crippen MR) is 140 cm³/mol. The van der Waals surface area contributed by atoms with Crippen molar-refractivity contribution in [2.24, 2.45) is 0 Å². The number of sulfonamides is 1. The Morgan fingerprint density at radius 3 is 2.46 bits per heavy atom. The van der Waals surface area contributed by atoms with Crippen LogP contribution in [0.3, 0.4) is 0 Å². The second kappa shape index (κ2) is 9.57. The number of benzene rings is 3. The molecule has 3 N–H and O–H groups in total. The van der Waals surface area contributed by atoms with Crippen molar-refractivity contribution >= 4 is 50.0 Å². The lowest BCUT2D eigenvalue weighted by Gasteiger charge is -2.15. The lowest BCUT2D eigenvalue weighted by molar-refractivity contribution is 0.0977. The average molecular weight is 506 g/mol. The van der Waals surface area contributed by atoms with Crippen LogP contribution in [0, 0.1) is 0 Å². The first-order valence-electron chi connectivity index (χ1n) is 11.2. The molecule has 8 nitrogen and oxygen atoms in total. The first-order valence-corrected chi connectivity index (χ1v) is 13.0. The fourth-order valence-electron chi connectivity index (χ4n) is 4.03. The number of para-hydroxylation sites is 2. The molecule has 4 aromatic rings. The molecule has 1 aliphatic rings. The summed E-state index contributed by atoms with van der Waals surface area (Å²) in [5, 5.41) is 5.78. The topological polar surface area (TPSA) is 107 Å². The van der Waals surface area contributed by atoms with Crippen molar-refractivity contribution in [1.82, 2.24) is 19.6 Å². The van der Waals surface area contributed by atoms with Gasteiger partial charge in [-0.3, -0.25) is 10.1 Å². The fourth-order valence-corrected chi connectivity index (χ4v) is 5.75. The van der Waals surface area contributed by atoms with Crippen molar-refractivity contribution in [2.45, 2.75) is 17.7 Å². The van der Waals surface area contributed by atoms with Crippen molar-refractivity contribution in [2.75, 3.05) is 18.4 Å². The highest BCUT2D eigenvalue weighted by atomic mass is 32.2. The summed E-state index contributed by atoms with van der Waals surface area (Å²) >= 11 is 5.31. The maximum Gasteiger partial charge on any atom is 0.257 e. The molecule has 0 atom stereocenters. The van der Waals surface area contributed by atoms with E-state index in [4.69, 9.17) is 12.2 Å². The van der Waals surface area contributed by atoms with Crippen LogP contribution in [-0.2, 0) is 10.0 Å². The van der Waals surface area contributed by atoms with Crippen LogP contribution in [0.5, 0.6) is 0 Å². The molecule has 1 amide bonds. The Labute approximate surface area is 208 Å². The molecule has 1 aliphatic heterocycles. The van der Waals surface area contributed by atoms with Gasteiger partial charge in [-0.05, 0) is 73.6 Å². The Bertz CT molecular complexity index is 1470. The molecule has 0 unspecified atom stereocenters. The Balaban J connectivity index is 1.24. The van der Waals surface area contributed by atoms with Crippen LogP contribution in [0.15, 0.2) is 77.7 Å². The van der Waals surface area contributed by atoms with E-state index in [0.29, 0.717) is 24.3 Å². The molecule has 35 heavy (non-hydrogen) atoms. The van der Waals surface area contributed by atoms with E-state index in [2.05, 4.69) is 20.6 Å². The van der Waals surface area contributed by atoms with Crippen molar-refractivity contribution in [3.63, 3.8) is 0 Å². The SMILES string of the molecule is O=C(NC(=S)Nc1cccc(-c2nc3ccccc3[nH]2)c1)c1ccc(S(=O)(=O)N2CCCC2)cc1. The van der Waals surface area contributed by atoms with Gasteiger partial charge in [0.2, 0.25) is 10.0 Å². The first-order chi connectivity index (χ1) is 16.9. The van der Waals surface area contributed by atoms with E-state index in [9.17, 15) is 13.2 Å². The molecular weight excluding hydrogens is 482 g/mol. The molecular formula is C25H23N5O3S2. The highest BCUT2D eigenvalue weighted by molar-refractivity contribution is 7.89. The number of carbonyl (C=O) groups is 1. The second-order valence-corrected chi connectivity index (χ2v) is 10.6. The zero-order chi connectivity index (χ0) is 24.4. The summed E-state index contributed by atoms with van der Waals surface area (Å²) in [6, 6.07) is 21.2. The molecule has 0 bridgehead atoms. The zero-order valence-corrected chi connectivity index (χ0v) is 20.3. The molecule has 2 heterocycles. The predicted octanol–water partition coefficient (Wildman–Crippen LogP) is 4.14. The van der Waals surface area contributed by atoms with Crippen LogP contribution in [0.1, 0.15) is 23.2 Å². The van der Waals surface area contributed by atoms with Gasteiger partial charge in [-0.1, -0.05) is 24.3 Å². The first kappa shape index (κ1) is 23.2. The molecule has 178 valence electrons. The Morgan fingerprint density at radius 1 is 0.971 bits per heavy atom. The number of carbonyl (C=O) groups excluding carboxylic acids is 1.